The summed E-state index contributed by atoms with van der Waals surface area (Å²) in [5.41, 5.74) is 5.57. The van der Waals surface area contributed by atoms with E-state index in [-0.39, 0.29) is 21.6 Å². The summed E-state index contributed by atoms with van der Waals surface area (Å²) >= 11 is 2.42. The first-order chi connectivity index (χ1) is 14.5. The molecule has 0 aliphatic rings. The standard InChI is InChI=1S/C21H22F2N4O2S2/c1-10-15(27-30-4)5-6-17(25-10)26-20-12(19(24)28)9-16(31-20)18-13(22)7-11(8-14(18)23)21(2,3)29/h5-9,27,29H,1-4H3,(H2,24,28)(H,25,26). The number of aryl methyl sites for hydroxylation is 1. The van der Waals surface area contributed by atoms with Crippen molar-refractivity contribution in [1.29, 1.82) is 0 Å². The van der Waals surface area contributed by atoms with Gasteiger partial charge in [-0.3, -0.25) is 4.79 Å². The van der Waals surface area contributed by atoms with Crippen LogP contribution in [-0.2, 0) is 5.60 Å². The highest BCUT2D eigenvalue weighted by atomic mass is 32.2. The number of hydrogen-bond acceptors (Lipinski definition) is 7. The van der Waals surface area contributed by atoms with Crippen LogP contribution in [-0.4, -0.2) is 22.3 Å². The van der Waals surface area contributed by atoms with Crippen LogP contribution >= 0.6 is 23.3 Å². The summed E-state index contributed by atoms with van der Waals surface area (Å²) in [6, 6.07) is 7.05. The van der Waals surface area contributed by atoms with Crippen molar-refractivity contribution in [2.45, 2.75) is 26.4 Å². The highest BCUT2D eigenvalue weighted by Crippen LogP contribution is 2.40. The number of thiophene rings is 1. The molecule has 1 amide bonds. The smallest absolute Gasteiger partial charge is 0.251 e. The van der Waals surface area contributed by atoms with Gasteiger partial charge in [-0.2, -0.15) is 0 Å². The Kier molecular flexibility index (Phi) is 6.54. The van der Waals surface area contributed by atoms with Crippen molar-refractivity contribution < 1.29 is 18.7 Å². The highest BCUT2D eigenvalue weighted by Gasteiger charge is 2.24. The average molecular weight is 465 g/mol. The maximum absolute atomic E-state index is 14.8. The number of hydrogen-bond donors (Lipinski definition) is 4. The van der Waals surface area contributed by atoms with Crippen molar-refractivity contribution in [2.24, 2.45) is 5.73 Å². The molecule has 0 saturated carbocycles. The Morgan fingerprint density at radius 2 is 1.87 bits per heavy atom. The number of rotatable bonds is 7. The summed E-state index contributed by atoms with van der Waals surface area (Å²) in [7, 11) is 0. The number of nitrogens with two attached hydrogens (primary N) is 1. The first-order valence-corrected chi connectivity index (χ1v) is 11.2. The van der Waals surface area contributed by atoms with E-state index in [0.29, 0.717) is 10.8 Å². The van der Waals surface area contributed by atoms with Crippen molar-refractivity contribution in [2.75, 3.05) is 16.3 Å². The first kappa shape index (κ1) is 23.0. The maximum atomic E-state index is 14.8. The van der Waals surface area contributed by atoms with E-state index in [1.165, 1.54) is 31.9 Å². The van der Waals surface area contributed by atoms with Crippen molar-refractivity contribution in [3.8, 4) is 10.4 Å². The fraction of sp³-hybridized carbons (Fsp3) is 0.238. The number of carbonyl (C=O) groups is 1. The molecule has 5 N–H and O–H groups in total. The van der Waals surface area contributed by atoms with Crippen LogP contribution in [0.3, 0.4) is 0 Å². The van der Waals surface area contributed by atoms with Gasteiger partial charge in [-0.1, -0.05) is 11.9 Å². The van der Waals surface area contributed by atoms with Crippen molar-refractivity contribution >= 4 is 45.7 Å². The van der Waals surface area contributed by atoms with E-state index in [4.69, 9.17) is 5.73 Å². The van der Waals surface area contributed by atoms with E-state index in [1.54, 1.807) is 6.07 Å². The molecule has 31 heavy (non-hydrogen) atoms. The number of pyridine rings is 1. The number of amides is 1. The van der Waals surface area contributed by atoms with Crippen molar-refractivity contribution in [3.05, 3.63) is 58.8 Å². The molecule has 3 aromatic rings. The van der Waals surface area contributed by atoms with Crippen LogP contribution in [0.5, 0.6) is 0 Å². The molecular weight excluding hydrogens is 442 g/mol. The molecule has 0 atom stereocenters. The van der Waals surface area contributed by atoms with Gasteiger partial charge in [0, 0.05) is 11.1 Å². The van der Waals surface area contributed by atoms with Crippen LogP contribution in [0.15, 0.2) is 30.3 Å². The number of benzene rings is 1. The zero-order valence-electron chi connectivity index (χ0n) is 17.3. The second-order valence-electron chi connectivity index (χ2n) is 7.35. The summed E-state index contributed by atoms with van der Waals surface area (Å²) in [4.78, 5) is 16.6. The summed E-state index contributed by atoms with van der Waals surface area (Å²) in [5.74, 6) is -1.97. The van der Waals surface area contributed by atoms with Crippen LogP contribution in [0, 0.1) is 18.6 Å². The van der Waals surface area contributed by atoms with E-state index in [0.717, 1.165) is 34.9 Å². The number of anilines is 3. The van der Waals surface area contributed by atoms with Crippen LogP contribution in [0.1, 0.15) is 35.5 Å². The summed E-state index contributed by atoms with van der Waals surface area (Å²) in [6.45, 7) is 4.70. The molecular formula is C21H22F2N4O2S2. The van der Waals surface area contributed by atoms with Gasteiger partial charge in [0.25, 0.3) is 5.91 Å². The van der Waals surface area contributed by atoms with Gasteiger partial charge in [-0.25, -0.2) is 13.8 Å². The van der Waals surface area contributed by atoms with Crippen molar-refractivity contribution in [1.82, 2.24) is 4.98 Å². The lowest BCUT2D eigenvalue weighted by Crippen LogP contribution is -2.16. The predicted molar refractivity (Wildman–Crippen MR) is 123 cm³/mol. The minimum atomic E-state index is -1.40. The Hall–Kier alpha value is -2.69. The normalized spacial score (nSPS) is 11.5. The van der Waals surface area contributed by atoms with Gasteiger partial charge in [0.2, 0.25) is 0 Å². The lowest BCUT2D eigenvalue weighted by Gasteiger charge is -2.18. The molecule has 164 valence electrons. The fourth-order valence-electron chi connectivity index (χ4n) is 2.92. The SMILES string of the molecule is CSNc1ccc(Nc2sc(-c3c(F)cc(C(C)(C)O)cc3F)cc2C(N)=O)nc1C. The van der Waals surface area contributed by atoms with E-state index in [9.17, 15) is 18.7 Å². The fourth-order valence-corrected chi connectivity index (χ4v) is 4.47. The van der Waals surface area contributed by atoms with Crippen LogP contribution < -0.4 is 15.8 Å². The molecule has 0 aliphatic heterocycles. The molecule has 10 heteroatoms. The molecule has 2 aromatic heterocycles. The number of nitrogens with zero attached hydrogens (tertiary/aromatic N) is 1. The minimum absolute atomic E-state index is 0.0936. The molecule has 0 spiro atoms. The average Bonchev–Trinajstić information content (AvgIpc) is 3.06. The molecule has 0 saturated heterocycles. The molecule has 0 aliphatic carbocycles. The Balaban J connectivity index is 2.02. The first-order valence-electron chi connectivity index (χ1n) is 9.20. The third kappa shape index (κ3) is 4.97. The second kappa shape index (κ2) is 8.81. The van der Waals surface area contributed by atoms with E-state index in [2.05, 4.69) is 15.0 Å². The van der Waals surface area contributed by atoms with Crippen LogP contribution in [0.25, 0.3) is 10.4 Å². The maximum Gasteiger partial charge on any atom is 0.251 e. The largest absolute Gasteiger partial charge is 0.386 e. The molecule has 0 radical (unpaired) electrons. The van der Waals surface area contributed by atoms with Crippen molar-refractivity contribution in [3.63, 3.8) is 0 Å². The Labute approximate surface area is 187 Å². The summed E-state index contributed by atoms with van der Waals surface area (Å²) < 4.78 is 32.6. The van der Waals surface area contributed by atoms with E-state index in [1.807, 2.05) is 19.2 Å². The van der Waals surface area contributed by atoms with Gasteiger partial charge in [-0.15, -0.1) is 11.3 Å². The monoisotopic (exact) mass is 464 g/mol. The number of aliphatic hydroxyl groups is 1. The van der Waals surface area contributed by atoms with E-state index < -0.39 is 23.1 Å². The molecule has 6 nitrogen and oxygen atoms in total. The topological polar surface area (TPSA) is 100 Å². The molecule has 0 bridgehead atoms. The van der Waals surface area contributed by atoms with Gasteiger partial charge in [0.1, 0.15) is 22.5 Å². The molecule has 0 unspecified atom stereocenters. The van der Waals surface area contributed by atoms with Gasteiger partial charge in [0.15, 0.2) is 0 Å². The number of primary amides is 1. The predicted octanol–water partition coefficient (Wildman–Crippen LogP) is 5.16. The molecule has 2 heterocycles. The molecule has 0 fully saturated rings. The minimum Gasteiger partial charge on any atom is -0.386 e. The zero-order chi connectivity index (χ0) is 22.9. The quantitative estimate of drug-likeness (QED) is 0.361. The van der Waals surface area contributed by atoms with Gasteiger partial charge >= 0.3 is 0 Å². The molecule has 1 aromatic carbocycles. The highest BCUT2D eigenvalue weighted by molar-refractivity contribution is 7.99. The molecule has 3 rings (SSSR count). The lowest BCUT2D eigenvalue weighted by atomic mass is 9.96. The summed E-state index contributed by atoms with van der Waals surface area (Å²) in [6.07, 6.45) is 1.89. The van der Waals surface area contributed by atoms with Gasteiger partial charge < -0.3 is 20.9 Å². The van der Waals surface area contributed by atoms with E-state index >= 15 is 0 Å². The van der Waals surface area contributed by atoms with Gasteiger partial charge in [-0.05, 0) is 56.7 Å². The second-order valence-corrected chi connectivity index (χ2v) is 9.02. The number of aromatic nitrogens is 1. The Morgan fingerprint density at radius 1 is 1.23 bits per heavy atom. The Morgan fingerprint density at radius 3 is 2.39 bits per heavy atom. The summed E-state index contributed by atoms with van der Waals surface area (Å²) in [5, 5.41) is 13.4. The van der Waals surface area contributed by atoms with Crippen LogP contribution in [0.4, 0.5) is 25.3 Å². The lowest BCUT2D eigenvalue weighted by molar-refractivity contribution is 0.0778. The number of nitrogens with one attached hydrogen (secondary N) is 2. The Bertz CT molecular complexity index is 1120. The van der Waals surface area contributed by atoms with Gasteiger partial charge in [0.05, 0.1) is 28.1 Å². The van der Waals surface area contributed by atoms with Crippen LogP contribution in [0.2, 0.25) is 0 Å². The number of carbonyl (C=O) groups excluding carboxylic acids is 1. The number of halogens is 2. The third-order valence-corrected chi connectivity index (χ3v) is 6.02. The third-order valence-electron chi connectivity index (χ3n) is 4.53. The zero-order valence-corrected chi connectivity index (χ0v) is 19.0.